The average molecular weight is 164 g/mol. The van der Waals surface area contributed by atoms with E-state index in [4.69, 9.17) is 5.84 Å². The Bertz CT molecular complexity index is 228. The Morgan fingerprint density at radius 3 is 2.33 bits per heavy atom. The quantitative estimate of drug-likeness (QED) is 0.532. The molecule has 1 rings (SSSR count). The van der Waals surface area contributed by atoms with Crippen LogP contribution in [0, 0.1) is 0 Å². The smallest absolute Gasteiger partial charge is 0.0485 e. The second-order valence-corrected chi connectivity index (χ2v) is 3.08. The normalized spacial score (nSPS) is 12.6. The third-order valence-corrected chi connectivity index (χ3v) is 2.26. The van der Waals surface area contributed by atoms with Crippen molar-refractivity contribution in [3.63, 3.8) is 0 Å². The van der Waals surface area contributed by atoms with Crippen LogP contribution in [0.3, 0.4) is 0 Å². The highest BCUT2D eigenvalue weighted by Gasteiger charge is 2.00. The molecule has 66 valence electrons. The number of rotatable bonds is 3. The molecule has 1 aromatic rings. The molecule has 0 saturated carbocycles. The van der Waals surface area contributed by atoms with E-state index < -0.39 is 0 Å². The van der Waals surface area contributed by atoms with Gasteiger partial charge in [-0.3, -0.25) is 5.84 Å². The maximum atomic E-state index is 5.26. The van der Waals surface area contributed by atoms with E-state index in [9.17, 15) is 0 Å². The monoisotopic (exact) mass is 164 g/mol. The molecule has 2 heteroatoms. The lowest BCUT2D eigenvalue weighted by molar-refractivity contribution is 0.734. The molecule has 0 aromatic heterocycles. The molecule has 0 aliphatic rings. The minimum Gasteiger partial charge on any atom is -0.324 e. The third kappa shape index (κ3) is 1.98. The Kier molecular flexibility index (Phi) is 3.11. The predicted molar refractivity (Wildman–Crippen MR) is 53.0 cm³/mol. The van der Waals surface area contributed by atoms with Gasteiger partial charge in [0.15, 0.2) is 0 Å². The summed E-state index contributed by atoms with van der Waals surface area (Å²) in [4.78, 5) is 0. The lowest BCUT2D eigenvalue weighted by Gasteiger charge is -2.09. The highest BCUT2D eigenvalue weighted by atomic mass is 15.2. The van der Waals surface area contributed by atoms with Crippen molar-refractivity contribution in [2.45, 2.75) is 26.2 Å². The highest BCUT2D eigenvalue weighted by Crippen LogP contribution is 2.19. The van der Waals surface area contributed by atoms with Crippen molar-refractivity contribution in [1.29, 1.82) is 0 Å². The number of hydrazine groups is 1. The van der Waals surface area contributed by atoms with Crippen LogP contribution in [0.25, 0.3) is 0 Å². The molecule has 0 radical (unpaired) electrons. The molecule has 0 heterocycles. The fourth-order valence-electron chi connectivity index (χ4n) is 1.14. The Balaban J connectivity index is 2.77. The number of nitrogen functional groups attached to an aromatic ring is 1. The summed E-state index contributed by atoms with van der Waals surface area (Å²) in [7, 11) is 0. The van der Waals surface area contributed by atoms with Crippen molar-refractivity contribution in [3.8, 4) is 0 Å². The van der Waals surface area contributed by atoms with E-state index in [2.05, 4.69) is 31.4 Å². The van der Waals surface area contributed by atoms with Crippen LogP contribution in [0.15, 0.2) is 24.3 Å². The number of anilines is 1. The van der Waals surface area contributed by atoms with E-state index in [1.165, 1.54) is 12.0 Å². The second kappa shape index (κ2) is 4.12. The maximum absolute atomic E-state index is 5.26. The zero-order valence-electron chi connectivity index (χ0n) is 7.67. The van der Waals surface area contributed by atoms with Gasteiger partial charge in [0.25, 0.3) is 0 Å². The Morgan fingerprint density at radius 1 is 1.33 bits per heavy atom. The van der Waals surface area contributed by atoms with Gasteiger partial charge in [0.2, 0.25) is 0 Å². The number of nitrogens with one attached hydrogen (secondary N) is 1. The SMILES string of the molecule is CC[C@@H](C)c1ccc(NN)cc1. The summed E-state index contributed by atoms with van der Waals surface area (Å²) >= 11 is 0. The van der Waals surface area contributed by atoms with Gasteiger partial charge in [-0.05, 0) is 30.0 Å². The molecule has 0 saturated heterocycles. The molecule has 0 aliphatic carbocycles. The van der Waals surface area contributed by atoms with Crippen molar-refractivity contribution in [2.75, 3.05) is 5.43 Å². The average Bonchev–Trinajstić information content (AvgIpc) is 2.17. The van der Waals surface area contributed by atoms with Gasteiger partial charge in [0.1, 0.15) is 0 Å². The van der Waals surface area contributed by atoms with Gasteiger partial charge in [-0.2, -0.15) is 0 Å². The second-order valence-electron chi connectivity index (χ2n) is 3.08. The molecule has 0 spiro atoms. The summed E-state index contributed by atoms with van der Waals surface area (Å²) in [5.74, 6) is 5.89. The van der Waals surface area contributed by atoms with Crippen molar-refractivity contribution >= 4 is 5.69 Å². The first-order chi connectivity index (χ1) is 5.77. The van der Waals surface area contributed by atoms with Crippen LogP contribution in [-0.4, -0.2) is 0 Å². The molecule has 2 nitrogen and oxygen atoms in total. The molecule has 1 aromatic carbocycles. The Labute approximate surface area is 73.8 Å². The number of hydrogen-bond donors (Lipinski definition) is 2. The minimum atomic E-state index is 0.636. The highest BCUT2D eigenvalue weighted by molar-refractivity contribution is 5.43. The Hall–Kier alpha value is -1.02. The van der Waals surface area contributed by atoms with E-state index in [0.29, 0.717) is 5.92 Å². The van der Waals surface area contributed by atoms with Crippen LogP contribution in [0.5, 0.6) is 0 Å². The molecule has 1 atom stereocenters. The zero-order valence-corrected chi connectivity index (χ0v) is 7.67. The summed E-state index contributed by atoms with van der Waals surface area (Å²) in [6.45, 7) is 4.42. The summed E-state index contributed by atoms with van der Waals surface area (Å²) < 4.78 is 0. The van der Waals surface area contributed by atoms with Crippen molar-refractivity contribution in [3.05, 3.63) is 29.8 Å². The molecule has 0 amide bonds. The first-order valence-electron chi connectivity index (χ1n) is 4.34. The summed E-state index contributed by atoms with van der Waals surface area (Å²) in [5.41, 5.74) is 4.94. The topological polar surface area (TPSA) is 38.0 Å². The molecule has 0 aliphatic heterocycles. The lowest BCUT2D eigenvalue weighted by Crippen LogP contribution is -2.06. The van der Waals surface area contributed by atoms with Gasteiger partial charge in [0, 0.05) is 5.69 Å². The largest absolute Gasteiger partial charge is 0.324 e. The van der Waals surface area contributed by atoms with Crippen LogP contribution >= 0.6 is 0 Å². The summed E-state index contributed by atoms with van der Waals surface area (Å²) in [6.07, 6.45) is 1.18. The molecular weight excluding hydrogens is 148 g/mol. The molecular formula is C10H16N2. The fraction of sp³-hybridized carbons (Fsp3) is 0.400. The van der Waals surface area contributed by atoms with Gasteiger partial charge >= 0.3 is 0 Å². The molecule has 3 N–H and O–H groups in total. The van der Waals surface area contributed by atoms with Gasteiger partial charge in [-0.25, -0.2) is 0 Å². The fourth-order valence-corrected chi connectivity index (χ4v) is 1.14. The van der Waals surface area contributed by atoms with Gasteiger partial charge in [0.05, 0.1) is 0 Å². The molecule has 0 fully saturated rings. The van der Waals surface area contributed by atoms with Crippen LogP contribution in [0.1, 0.15) is 31.7 Å². The zero-order chi connectivity index (χ0) is 8.97. The van der Waals surface area contributed by atoms with Crippen LogP contribution < -0.4 is 11.3 Å². The maximum Gasteiger partial charge on any atom is 0.0485 e. The van der Waals surface area contributed by atoms with Crippen LogP contribution in [0.4, 0.5) is 5.69 Å². The van der Waals surface area contributed by atoms with E-state index in [1.54, 1.807) is 0 Å². The lowest BCUT2D eigenvalue weighted by atomic mass is 9.99. The van der Waals surface area contributed by atoms with E-state index in [-0.39, 0.29) is 0 Å². The summed E-state index contributed by atoms with van der Waals surface area (Å²) in [5, 5.41) is 0. The van der Waals surface area contributed by atoms with Gasteiger partial charge < -0.3 is 5.43 Å². The van der Waals surface area contributed by atoms with E-state index in [0.717, 1.165) is 5.69 Å². The van der Waals surface area contributed by atoms with E-state index in [1.807, 2.05) is 12.1 Å². The van der Waals surface area contributed by atoms with Crippen molar-refractivity contribution in [1.82, 2.24) is 0 Å². The number of benzene rings is 1. The van der Waals surface area contributed by atoms with Crippen molar-refractivity contribution in [2.24, 2.45) is 5.84 Å². The van der Waals surface area contributed by atoms with Crippen LogP contribution in [-0.2, 0) is 0 Å². The molecule has 0 bridgehead atoms. The molecule has 0 unspecified atom stereocenters. The standard InChI is InChI=1S/C10H16N2/c1-3-8(2)9-4-6-10(12-11)7-5-9/h4-8,12H,3,11H2,1-2H3/t8-/m1/s1. The van der Waals surface area contributed by atoms with Gasteiger partial charge in [-0.1, -0.05) is 26.0 Å². The first-order valence-corrected chi connectivity index (χ1v) is 4.34. The Morgan fingerprint density at radius 2 is 1.92 bits per heavy atom. The van der Waals surface area contributed by atoms with E-state index >= 15 is 0 Å². The predicted octanol–water partition coefficient (Wildman–Crippen LogP) is 2.49. The molecule has 12 heavy (non-hydrogen) atoms. The minimum absolute atomic E-state index is 0.636. The summed E-state index contributed by atoms with van der Waals surface area (Å²) in [6, 6.07) is 8.23. The van der Waals surface area contributed by atoms with Crippen molar-refractivity contribution < 1.29 is 0 Å². The first kappa shape index (κ1) is 9.07. The number of hydrogen-bond acceptors (Lipinski definition) is 2. The van der Waals surface area contributed by atoms with Crippen LogP contribution in [0.2, 0.25) is 0 Å². The third-order valence-electron chi connectivity index (χ3n) is 2.26. The number of nitrogens with two attached hydrogens (primary N) is 1. The van der Waals surface area contributed by atoms with Gasteiger partial charge in [-0.15, -0.1) is 0 Å².